The van der Waals surface area contributed by atoms with E-state index in [1.165, 1.54) is 0 Å². The van der Waals surface area contributed by atoms with Crippen molar-refractivity contribution in [2.24, 2.45) is 5.73 Å². The van der Waals surface area contributed by atoms with Crippen molar-refractivity contribution in [1.82, 2.24) is 9.55 Å². The van der Waals surface area contributed by atoms with Crippen molar-refractivity contribution >= 4 is 11.9 Å². The van der Waals surface area contributed by atoms with E-state index in [1.54, 1.807) is 26.2 Å². The van der Waals surface area contributed by atoms with E-state index in [0.717, 1.165) is 6.54 Å². The quantitative estimate of drug-likeness (QED) is 0.742. The molecule has 0 atom stereocenters. The molecule has 1 heterocycles. The Morgan fingerprint density at radius 3 is 2.86 bits per heavy atom. The molecule has 5 nitrogen and oxygen atoms in total. The number of carbonyl (C=O) groups excluding carboxylic acids is 1. The molecule has 0 aliphatic heterocycles. The first-order valence-corrected chi connectivity index (χ1v) is 4.56. The first-order chi connectivity index (χ1) is 6.45. The number of nitrogens with two attached hydrogens (primary N) is 1. The second-order valence-corrected chi connectivity index (χ2v) is 3.71. The van der Waals surface area contributed by atoms with Crippen molar-refractivity contribution < 1.29 is 4.79 Å². The van der Waals surface area contributed by atoms with Crippen LogP contribution in [0.25, 0.3) is 0 Å². The van der Waals surface area contributed by atoms with Gasteiger partial charge in [0.2, 0.25) is 11.9 Å². The minimum atomic E-state index is -0.884. The Morgan fingerprint density at radius 2 is 2.36 bits per heavy atom. The maximum Gasteiger partial charge on any atom is 0.246 e. The number of anilines is 1. The van der Waals surface area contributed by atoms with Crippen molar-refractivity contribution in [3.63, 3.8) is 0 Å². The highest BCUT2D eigenvalue weighted by Crippen LogP contribution is 2.07. The number of nitrogens with one attached hydrogen (secondary N) is 1. The molecule has 14 heavy (non-hydrogen) atoms. The SMILES string of the molecule is CCn1ccnc1NC(=O)C(C)(C)N. The average molecular weight is 196 g/mol. The number of aromatic nitrogens is 2. The third-order valence-corrected chi connectivity index (χ3v) is 1.87. The first kappa shape index (κ1) is 10.7. The highest BCUT2D eigenvalue weighted by atomic mass is 16.2. The number of rotatable bonds is 3. The van der Waals surface area contributed by atoms with Crippen LogP contribution in [0.3, 0.4) is 0 Å². The fraction of sp³-hybridized carbons (Fsp3) is 0.556. The van der Waals surface area contributed by atoms with Gasteiger partial charge in [0, 0.05) is 18.9 Å². The lowest BCUT2D eigenvalue weighted by molar-refractivity contribution is -0.120. The zero-order chi connectivity index (χ0) is 10.8. The summed E-state index contributed by atoms with van der Waals surface area (Å²) >= 11 is 0. The molecule has 1 amide bonds. The lowest BCUT2D eigenvalue weighted by atomic mass is 10.1. The van der Waals surface area contributed by atoms with Gasteiger partial charge in [0.25, 0.3) is 0 Å². The summed E-state index contributed by atoms with van der Waals surface area (Å²) in [7, 11) is 0. The van der Waals surface area contributed by atoms with E-state index < -0.39 is 5.54 Å². The summed E-state index contributed by atoms with van der Waals surface area (Å²) in [6.07, 6.45) is 3.45. The Balaban J connectivity index is 2.74. The number of aryl methyl sites for hydroxylation is 1. The molecule has 0 unspecified atom stereocenters. The number of hydrogen-bond acceptors (Lipinski definition) is 3. The minimum Gasteiger partial charge on any atom is -0.318 e. The molecule has 5 heteroatoms. The molecule has 0 spiro atoms. The van der Waals surface area contributed by atoms with Crippen molar-refractivity contribution in [3.8, 4) is 0 Å². The van der Waals surface area contributed by atoms with Crippen LogP contribution in [-0.2, 0) is 11.3 Å². The lowest BCUT2D eigenvalue weighted by Crippen LogP contribution is -2.45. The summed E-state index contributed by atoms with van der Waals surface area (Å²) in [5.74, 6) is 0.300. The molecule has 1 aromatic rings. The highest BCUT2D eigenvalue weighted by molar-refractivity contribution is 5.96. The molecule has 1 aromatic heterocycles. The van der Waals surface area contributed by atoms with Crippen LogP contribution in [0.4, 0.5) is 5.95 Å². The molecule has 0 aromatic carbocycles. The molecule has 0 aliphatic rings. The predicted molar refractivity (Wildman–Crippen MR) is 54.8 cm³/mol. The maximum atomic E-state index is 11.5. The van der Waals surface area contributed by atoms with Crippen molar-refractivity contribution in [3.05, 3.63) is 12.4 Å². The van der Waals surface area contributed by atoms with Crippen LogP contribution in [-0.4, -0.2) is 21.0 Å². The van der Waals surface area contributed by atoms with Crippen LogP contribution < -0.4 is 11.1 Å². The number of imidazole rings is 1. The van der Waals surface area contributed by atoms with Crippen LogP contribution in [0, 0.1) is 0 Å². The molecule has 0 aliphatic carbocycles. The van der Waals surface area contributed by atoms with Crippen molar-refractivity contribution in [2.75, 3.05) is 5.32 Å². The van der Waals surface area contributed by atoms with Crippen molar-refractivity contribution in [2.45, 2.75) is 32.9 Å². The molecular weight excluding hydrogens is 180 g/mol. The Labute approximate surface area is 83.3 Å². The normalized spacial score (nSPS) is 11.4. The molecule has 0 fully saturated rings. The molecule has 0 saturated carbocycles. The van der Waals surface area contributed by atoms with E-state index in [2.05, 4.69) is 10.3 Å². The van der Waals surface area contributed by atoms with E-state index in [-0.39, 0.29) is 5.91 Å². The summed E-state index contributed by atoms with van der Waals surface area (Å²) in [6.45, 7) is 6.05. The fourth-order valence-corrected chi connectivity index (χ4v) is 0.951. The van der Waals surface area contributed by atoms with E-state index in [0.29, 0.717) is 5.95 Å². The van der Waals surface area contributed by atoms with Crippen LogP contribution in [0.5, 0.6) is 0 Å². The standard InChI is InChI=1S/C9H16N4O/c1-4-13-6-5-11-8(13)12-7(14)9(2,3)10/h5-6H,4,10H2,1-3H3,(H,11,12,14). The van der Waals surface area contributed by atoms with Gasteiger partial charge >= 0.3 is 0 Å². The Kier molecular flexibility index (Phi) is 2.90. The van der Waals surface area contributed by atoms with Crippen LogP contribution in [0.15, 0.2) is 12.4 Å². The Bertz CT molecular complexity index is 324. The van der Waals surface area contributed by atoms with Gasteiger partial charge in [-0.2, -0.15) is 0 Å². The summed E-state index contributed by atoms with van der Waals surface area (Å²) in [5.41, 5.74) is 4.75. The van der Waals surface area contributed by atoms with Crippen LogP contribution >= 0.6 is 0 Å². The van der Waals surface area contributed by atoms with E-state index in [1.807, 2.05) is 11.5 Å². The third-order valence-electron chi connectivity index (χ3n) is 1.87. The lowest BCUT2D eigenvalue weighted by Gasteiger charge is -2.17. The van der Waals surface area contributed by atoms with Gasteiger partial charge in [-0.1, -0.05) is 0 Å². The zero-order valence-electron chi connectivity index (χ0n) is 8.74. The molecule has 0 saturated heterocycles. The number of carbonyl (C=O) groups is 1. The van der Waals surface area contributed by atoms with Gasteiger partial charge in [-0.25, -0.2) is 4.98 Å². The second kappa shape index (κ2) is 3.79. The summed E-state index contributed by atoms with van der Waals surface area (Å²) in [5, 5.41) is 2.67. The number of amides is 1. The van der Waals surface area contributed by atoms with E-state index in [4.69, 9.17) is 5.73 Å². The van der Waals surface area contributed by atoms with Crippen LogP contribution in [0.2, 0.25) is 0 Å². The Hall–Kier alpha value is -1.36. The van der Waals surface area contributed by atoms with Gasteiger partial charge in [0.05, 0.1) is 5.54 Å². The average Bonchev–Trinajstić information content (AvgIpc) is 2.50. The fourth-order valence-electron chi connectivity index (χ4n) is 0.951. The Morgan fingerprint density at radius 1 is 1.71 bits per heavy atom. The summed E-state index contributed by atoms with van der Waals surface area (Å²) < 4.78 is 1.84. The summed E-state index contributed by atoms with van der Waals surface area (Å²) in [6, 6.07) is 0. The van der Waals surface area contributed by atoms with E-state index in [9.17, 15) is 4.79 Å². The molecular formula is C9H16N4O. The largest absolute Gasteiger partial charge is 0.318 e. The monoisotopic (exact) mass is 196 g/mol. The van der Waals surface area contributed by atoms with Gasteiger partial charge in [-0.05, 0) is 20.8 Å². The molecule has 0 bridgehead atoms. The van der Waals surface area contributed by atoms with Gasteiger partial charge in [-0.3, -0.25) is 10.1 Å². The minimum absolute atomic E-state index is 0.238. The topological polar surface area (TPSA) is 72.9 Å². The molecule has 3 N–H and O–H groups in total. The summed E-state index contributed by atoms with van der Waals surface area (Å²) in [4.78, 5) is 15.5. The maximum absolute atomic E-state index is 11.5. The second-order valence-electron chi connectivity index (χ2n) is 3.71. The third kappa shape index (κ3) is 2.32. The molecule has 1 rings (SSSR count). The molecule has 0 radical (unpaired) electrons. The predicted octanol–water partition coefficient (Wildman–Crippen LogP) is 0.579. The van der Waals surface area contributed by atoms with Crippen LogP contribution in [0.1, 0.15) is 20.8 Å². The number of hydrogen-bond donors (Lipinski definition) is 2. The van der Waals surface area contributed by atoms with E-state index >= 15 is 0 Å². The number of nitrogens with zero attached hydrogens (tertiary/aromatic N) is 2. The zero-order valence-corrected chi connectivity index (χ0v) is 8.74. The highest BCUT2D eigenvalue weighted by Gasteiger charge is 2.22. The first-order valence-electron chi connectivity index (χ1n) is 4.56. The van der Waals surface area contributed by atoms with Gasteiger partial charge in [0.15, 0.2) is 0 Å². The smallest absolute Gasteiger partial charge is 0.246 e. The van der Waals surface area contributed by atoms with Gasteiger partial charge < -0.3 is 10.3 Å². The molecule has 78 valence electrons. The van der Waals surface area contributed by atoms with Gasteiger partial charge in [-0.15, -0.1) is 0 Å². The van der Waals surface area contributed by atoms with Crippen molar-refractivity contribution in [1.29, 1.82) is 0 Å². The van der Waals surface area contributed by atoms with Gasteiger partial charge in [0.1, 0.15) is 0 Å².